The highest BCUT2D eigenvalue weighted by Gasteiger charge is 2.47. The molecule has 2 amide bonds. The summed E-state index contributed by atoms with van der Waals surface area (Å²) in [5, 5.41) is 3.07. The molecule has 2 aromatic heterocycles. The van der Waals surface area contributed by atoms with Gasteiger partial charge in [0.05, 0.1) is 18.5 Å². The summed E-state index contributed by atoms with van der Waals surface area (Å²) in [7, 11) is 0. The molecule has 0 fully saturated rings. The van der Waals surface area contributed by atoms with E-state index in [-0.39, 0.29) is 11.8 Å². The Balaban J connectivity index is 1.71. The summed E-state index contributed by atoms with van der Waals surface area (Å²) >= 11 is 0. The SMILES string of the molecule is CC(C)CCNC(=O)[C@]1(C)Cn2c(ccc2-c2ccco2)C(=O)N1Cc1ccccc1. The maximum atomic E-state index is 13.6. The predicted octanol–water partition coefficient (Wildman–Crippen LogP) is 4.33. The van der Waals surface area contributed by atoms with Crippen molar-refractivity contribution in [3.05, 3.63) is 72.1 Å². The van der Waals surface area contributed by atoms with Gasteiger partial charge < -0.3 is 19.2 Å². The van der Waals surface area contributed by atoms with Gasteiger partial charge in [-0.15, -0.1) is 0 Å². The van der Waals surface area contributed by atoms with E-state index >= 15 is 0 Å². The average Bonchev–Trinajstić information content (AvgIpc) is 3.41. The Morgan fingerprint density at radius 2 is 1.84 bits per heavy atom. The summed E-state index contributed by atoms with van der Waals surface area (Å²) in [6, 6.07) is 17.2. The minimum atomic E-state index is -1.03. The third-order valence-electron chi connectivity index (χ3n) is 5.96. The maximum Gasteiger partial charge on any atom is 0.271 e. The van der Waals surface area contributed by atoms with Crippen LogP contribution in [0.4, 0.5) is 0 Å². The summed E-state index contributed by atoms with van der Waals surface area (Å²) < 4.78 is 7.48. The number of fused-ring (bicyclic) bond motifs is 1. The first-order valence-electron chi connectivity index (χ1n) is 10.8. The van der Waals surface area contributed by atoms with E-state index < -0.39 is 5.54 Å². The van der Waals surface area contributed by atoms with Crippen LogP contribution in [0.1, 0.15) is 43.2 Å². The first kappa shape index (κ1) is 21.0. The summed E-state index contributed by atoms with van der Waals surface area (Å²) in [5.74, 6) is 0.873. The second-order valence-corrected chi connectivity index (χ2v) is 8.76. The molecule has 31 heavy (non-hydrogen) atoms. The molecule has 0 saturated carbocycles. The van der Waals surface area contributed by atoms with E-state index in [1.165, 1.54) is 0 Å². The van der Waals surface area contributed by atoms with E-state index in [1.54, 1.807) is 11.2 Å². The first-order chi connectivity index (χ1) is 14.9. The molecule has 6 nitrogen and oxygen atoms in total. The van der Waals surface area contributed by atoms with Gasteiger partial charge in [0.15, 0.2) is 0 Å². The Hall–Kier alpha value is -3.28. The molecule has 1 aliphatic heterocycles. The highest BCUT2D eigenvalue weighted by molar-refractivity contribution is 6.00. The van der Waals surface area contributed by atoms with Crippen LogP contribution in [-0.4, -0.2) is 33.4 Å². The van der Waals surface area contributed by atoms with Crippen molar-refractivity contribution in [2.24, 2.45) is 5.92 Å². The smallest absolute Gasteiger partial charge is 0.271 e. The Bertz CT molecular complexity index is 1050. The lowest BCUT2D eigenvalue weighted by molar-refractivity contribution is -0.133. The Kier molecular flexibility index (Phi) is 5.72. The van der Waals surface area contributed by atoms with Gasteiger partial charge in [-0.1, -0.05) is 44.2 Å². The first-order valence-corrected chi connectivity index (χ1v) is 10.8. The molecule has 0 saturated heterocycles. The second kappa shape index (κ2) is 8.46. The fraction of sp³-hybridized carbons (Fsp3) is 0.360. The molecule has 162 valence electrons. The van der Waals surface area contributed by atoms with Crippen molar-refractivity contribution in [1.29, 1.82) is 0 Å². The summed E-state index contributed by atoms with van der Waals surface area (Å²) in [5.41, 5.74) is 1.32. The summed E-state index contributed by atoms with van der Waals surface area (Å²) in [6.45, 7) is 7.42. The fourth-order valence-electron chi connectivity index (χ4n) is 4.09. The van der Waals surface area contributed by atoms with Crippen molar-refractivity contribution >= 4 is 11.8 Å². The number of carbonyl (C=O) groups excluding carboxylic acids is 2. The normalized spacial score (nSPS) is 18.3. The van der Waals surface area contributed by atoms with E-state index in [2.05, 4.69) is 19.2 Å². The molecule has 0 bridgehead atoms. The van der Waals surface area contributed by atoms with Gasteiger partial charge in [-0.3, -0.25) is 9.59 Å². The van der Waals surface area contributed by atoms with Crippen LogP contribution >= 0.6 is 0 Å². The zero-order valence-electron chi connectivity index (χ0n) is 18.3. The average molecular weight is 420 g/mol. The number of benzene rings is 1. The quantitative estimate of drug-likeness (QED) is 0.620. The predicted molar refractivity (Wildman–Crippen MR) is 119 cm³/mol. The van der Waals surface area contributed by atoms with Crippen LogP contribution in [0, 0.1) is 5.92 Å². The molecule has 3 aromatic rings. The molecule has 1 aliphatic rings. The number of hydrogen-bond donors (Lipinski definition) is 1. The highest BCUT2D eigenvalue weighted by atomic mass is 16.3. The van der Waals surface area contributed by atoms with Crippen LogP contribution in [0.5, 0.6) is 0 Å². The lowest BCUT2D eigenvalue weighted by Gasteiger charge is -2.44. The van der Waals surface area contributed by atoms with Gasteiger partial charge >= 0.3 is 0 Å². The van der Waals surface area contributed by atoms with Crippen molar-refractivity contribution in [3.8, 4) is 11.5 Å². The number of hydrogen-bond acceptors (Lipinski definition) is 3. The van der Waals surface area contributed by atoms with E-state index in [1.807, 2.05) is 66.1 Å². The number of aromatic nitrogens is 1. The Morgan fingerprint density at radius 1 is 1.10 bits per heavy atom. The van der Waals surface area contributed by atoms with E-state index in [4.69, 9.17) is 4.42 Å². The van der Waals surface area contributed by atoms with Crippen LogP contribution in [-0.2, 0) is 17.9 Å². The van der Waals surface area contributed by atoms with Crippen molar-refractivity contribution in [1.82, 2.24) is 14.8 Å². The summed E-state index contributed by atoms with van der Waals surface area (Å²) in [4.78, 5) is 28.7. The molecule has 0 aliphatic carbocycles. The molecule has 6 heteroatoms. The number of nitrogens with zero attached hydrogens (tertiary/aromatic N) is 2. The van der Waals surface area contributed by atoms with Crippen LogP contribution in [0.15, 0.2) is 65.3 Å². The van der Waals surface area contributed by atoms with Gasteiger partial charge in [-0.2, -0.15) is 0 Å². The number of amides is 2. The molecular formula is C25H29N3O3. The van der Waals surface area contributed by atoms with E-state index in [9.17, 15) is 9.59 Å². The molecule has 0 radical (unpaired) electrons. The highest BCUT2D eigenvalue weighted by Crippen LogP contribution is 2.34. The molecule has 1 atom stereocenters. The fourth-order valence-corrected chi connectivity index (χ4v) is 4.09. The van der Waals surface area contributed by atoms with Gasteiger partial charge in [-0.25, -0.2) is 0 Å². The third kappa shape index (κ3) is 4.02. The number of rotatable bonds is 7. The van der Waals surface area contributed by atoms with Gasteiger partial charge in [0.2, 0.25) is 5.91 Å². The topological polar surface area (TPSA) is 67.5 Å². The molecule has 4 rings (SSSR count). The number of nitrogens with one attached hydrogen (secondary N) is 1. The Morgan fingerprint density at radius 3 is 2.52 bits per heavy atom. The van der Waals surface area contributed by atoms with Crippen LogP contribution in [0.2, 0.25) is 0 Å². The minimum absolute atomic E-state index is 0.137. The third-order valence-corrected chi connectivity index (χ3v) is 5.96. The van der Waals surface area contributed by atoms with Crippen molar-refractivity contribution < 1.29 is 14.0 Å². The molecule has 0 unspecified atom stereocenters. The Labute approximate surface area is 182 Å². The van der Waals surface area contributed by atoms with Crippen LogP contribution in [0.3, 0.4) is 0 Å². The van der Waals surface area contributed by atoms with Crippen molar-refractivity contribution in [3.63, 3.8) is 0 Å². The van der Waals surface area contributed by atoms with E-state index in [0.717, 1.165) is 17.7 Å². The standard InChI is InChI=1S/C25H29N3O3/c1-18(2)13-14-26-24(30)25(3)17-27-20(22-10-7-15-31-22)11-12-21(27)23(29)28(25)16-19-8-5-4-6-9-19/h4-12,15,18H,13-14,16-17H2,1-3H3,(H,26,30)/t25-/m0/s1. The van der Waals surface area contributed by atoms with Crippen molar-refractivity contribution in [2.75, 3.05) is 6.54 Å². The minimum Gasteiger partial charge on any atom is -0.463 e. The van der Waals surface area contributed by atoms with Crippen molar-refractivity contribution in [2.45, 2.75) is 45.8 Å². The lowest BCUT2D eigenvalue weighted by Crippen LogP contribution is -2.63. The lowest BCUT2D eigenvalue weighted by atomic mass is 9.93. The zero-order valence-corrected chi connectivity index (χ0v) is 18.3. The molecule has 0 spiro atoms. The molecule has 1 N–H and O–H groups in total. The largest absolute Gasteiger partial charge is 0.463 e. The van der Waals surface area contributed by atoms with Gasteiger partial charge in [-0.05, 0) is 49.1 Å². The van der Waals surface area contributed by atoms with E-state index in [0.29, 0.717) is 37.0 Å². The van der Waals surface area contributed by atoms with Crippen LogP contribution in [0.25, 0.3) is 11.5 Å². The number of carbonyl (C=O) groups is 2. The summed E-state index contributed by atoms with van der Waals surface area (Å²) in [6.07, 6.45) is 2.50. The van der Waals surface area contributed by atoms with Gasteiger partial charge in [0.1, 0.15) is 17.0 Å². The molecular weight excluding hydrogens is 390 g/mol. The maximum absolute atomic E-state index is 13.6. The molecule has 1 aromatic carbocycles. The second-order valence-electron chi connectivity index (χ2n) is 8.76. The monoisotopic (exact) mass is 419 g/mol. The zero-order chi connectivity index (χ0) is 22.0. The van der Waals surface area contributed by atoms with Gasteiger partial charge in [0.25, 0.3) is 5.91 Å². The number of furan rings is 1. The molecule has 3 heterocycles. The van der Waals surface area contributed by atoms with Crippen LogP contribution < -0.4 is 5.32 Å². The van der Waals surface area contributed by atoms with Gasteiger partial charge in [0, 0.05) is 13.1 Å².